The van der Waals surface area contributed by atoms with Crippen molar-refractivity contribution in [3.63, 3.8) is 0 Å². The number of nitrogens with two attached hydrogens (primary N) is 2. The molecule has 20 heavy (non-hydrogen) atoms. The zero-order chi connectivity index (χ0) is 15.8. The summed E-state index contributed by atoms with van der Waals surface area (Å²) < 4.78 is 0. The van der Waals surface area contributed by atoms with Crippen molar-refractivity contribution < 1.29 is 14.4 Å². The van der Waals surface area contributed by atoms with E-state index in [1.165, 1.54) is 10.8 Å². The fourth-order valence-electron chi connectivity index (χ4n) is 1.13. The molecular weight excluding hydrogens is 260 g/mol. The highest BCUT2D eigenvalue weighted by Crippen LogP contribution is 2.11. The number of primary amides is 2. The van der Waals surface area contributed by atoms with Gasteiger partial charge in [-0.25, -0.2) is 25.2 Å². The van der Waals surface area contributed by atoms with Crippen molar-refractivity contribution in [1.29, 1.82) is 10.8 Å². The predicted octanol–water partition coefficient (Wildman–Crippen LogP) is 1.67. The molecule has 0 aliphatic rings. The summed E-state index contributed by atoms with van der Waals surface area (Å²) in [5.74, 6) is 0. The molecule has 0 saturated heterocycles. The molecule has 2 amide bonds. The molecule has 6 N–H and O–H groups in total. The van der Waals surface area contributed by atoms with Gasteiger partial charge in [-0.3, -0.25) is 0 Å². The number of carbonyl (C=O) groups excluding carboxylic acids is 3. The molecule has 0 heterocycles. The lowest BCUT2D eigenvalue weighted by Crippen LogP contribution is -2.18. The van der Waals surface area contributed by atoms with Gasteiger partial charge in [-0.2, -0.15) is 0 Å². The fraction of sp³-hybridized carbons (Fsp3) is 0. The molecule has 2 aromatic rings. The van der Waals surface area contributed by atoms with Crippen molar-refractivity contribution in [3.05, 3.63) is 48.5 Å². The third kappa shape index (κ3) is 12.8. The first-order chi connectivity index (χ1) is 9.53. The lowest BCUT2D eigenvalue weighted by atomic mass is 10.1. The van der Waals surface area contributed by atoms with Crippen LogP contribution < -0.4 is 11.5 Å². The Morgan fingerprint density at radius 3 is 1.10 bits per heavy atom. The molecule has 0 spiro atoms. The number of isocyanates is 2. The number of amides is 2. The molecule has 2 aromatic carbocycles. The second-order valence-corrected chi connectivity index (χ2v) is 2.95. The van der Waals surface area contributed by atoms with Gasteiger partial charge >= 0.3 is 6.03 Å². The molecule has 0 radical (unpaired) electrons. The van der Waals surface area contributed by atoms with Crippen LogP contribution in [0.15, 0.2) is 48.5 Å². The van der Waals surface area contributed by atoms with Crippen molar-refractivity contribution >= 4 is 29.0 Å². The maximum atomic E-state index is 9.00. The van der Waals surface area contributed by atoms with Gasteiger partial charge in [0, 0.05) is 0 Å². The van der Waals surface area contributed by atoms with Crippen LogP contribution in [0, 0.1) is 10.8 Å². The number of fused-ring (bicyclic) bond motifs is 1. The minimum absolute atomic E-state index is 0.750. The van der Waals surface area contributed by atoms with Gasteiger partial charge in [0.2, 0.25) is 12.2 Å². The van der Waals surface area contributed by atoms with Gasteiger partial charge in [0.15, 0.2) is 0 Å². The summed E-state index contributed by atoms with van der Waals surface area (Å²) in [4.78, 5) is 25.7. The van der Waals surface area contributed by atoms with Gasteiger partial charge < -0.3 is 11.5 Å². The summed E-state index contributed by atoms with van der Waals surface area (Å²) in [6.45, 7) is 0. The highest BCUT2D eigenvalue weighted by atomic mass is 16.2. The van der Waals surface area contributed by atoms with Crippen molar-refractivity contribution in [3.8, 4) is 0 Å². The van der Waals surface area contributed by atoms with Crippen LogP contribution in [0.5, 0.6) is 0 Å². The second-order valence-electron chi connectivity index (χ2n) is 2.95. The van der Waals surface area contributed by atoms with E-state index in [1.54, 1.807) is 0 Å². The van der Waals surface area contributed by atoms with Gasteiger partial charge in [0.1, 0.15) is 0 Å². The maximum absolute atomic E-state index is 9.00. The first-order valence-corrected chi connectivity index (χ1v) is 5.09. The number of rotatable bonds is 0. The number of urea groups is 1. The van der Waals surface area contributed by atoms with Crippen molar-refractivity contribution in [2.45, 2.75) is 0 Å². The molecule has 0 unspecified atom stereocenters. The summed E-state index contributed by atoms with van der Waals surface area (Å²) in [5, 5.41) is 13.4. The quantitative estimate of drug-likeness (QED) is 0.427. The van der Waals surface area contributed by atoms with Crippen LogP contribution >= 0.6 is 0 Å². The Hall–Kier alpha value is -3.27. The Morgan fingerprint density at radius 1 is 0.800 bits per heavy atom. The number of hydrogen-bond donors (Lipinski definition) is 4. The smallest absolute Gasteiger partial charge is 0.309 e. The van der Waals surface area contributed by atoms with Crippen LogP contribution in [0.3, 0.4) is 0 Å². The Morgan fingerprint density at radius 2 is 0.950 bits per heavy atom. The van der Waals surface area contributed by atoms with Gasteiger partial charge in [-0.15, -0.1) is 0 Å². The lowest BCUT2D eigenvalue weighted by Gasteiger charge is -1.92. The summed E-state index contributed by atoms with van der Waals surface area (Å²) in [5.41, 5.74) is 8.50. The van der Waals surface area contributed by atoms with Crippen LogP contribution in [-0.2, 0) is 9.59 Å². The maximum Gasteiger partial charge on any atom is 0.309 e. The third-order valence-corrected chi connectivity index (χ3v) is 1.66. The van der Waals surface area contributed by atoms with E-state index in [0.29, 0.717) is 0 Å². The third-order valence-electron chi connectivity index (χ3n) is 1.66. The van der Waals surface area contributed by atoms with Gasteiger partial charge in [-0.05, 0) is 10.8 Å². The first kappa shape index (κ1) is 19.1. The Balaban J connectivity index is 0. The molecule has 104 valence electrons. The van der Waals surface area contributed by atoms with E-state index >= 15 is 0 Å². The lowest BCUT2D eigenvalue weighted by molar-refractivity contribution is 0.256. The molecule has 0 fully saturated rings. The van der Waals surface area contributed by atoms with E-state index in [4.69, 9.17) is 25.2 Å². The zero-order valence-corrected chi connectivity index (χ0v) is 10.5. The van der Waals surface area contributed by atoms with Crippen molar-refractivity contribution in [1.82, 2.24) is 0 Å². The van der Waals surface area contributed by atoms with Crippen molar-refractivity contribution in [2.75, 3.05) is 0 Å². The second kappa shape index (κ2) is 13.8. The van der Waals surface area contributed by atoms with Crippen LogP contribution in [0.1, 0.15) is 0 Å². The minimum atomic E-state index is -0.833. The van der Waals surface area contributed by atoms with Crippen LogP contribution in [0.25, 0.3) is 10.8 Å². The standard InChI is InChI=1S/C10H8.CH4N2O.2CHNO/c1-2-6-10-8-4-3-7-9(10)5-1;2-1(3)4;2*2-1-3/h1-8H;(H4,2,3,4);2*2H. The van der Waals surface area contributed by atoms with E-state index in [1.807, 2.05) is 0 Å². The van der Waals surface area contributed by atoms with Crippen LogP contribution in [-0.4, -0.2) is 18.2 Å². The van der Waals surface area contributed by atoms with E-state index in [2.05, 4.69) is 60.0 Å². The zero-order valence-electron chi connectivity index (χ0n) is 10.5. The molecule has 7 nitrogen and oxygen atoms in total. The molecule has 2 rings (SSSR count). The highest BCUT2D eigenvalue weighted by molar-refractivity contribution is 5.82. The van der Waals surface area contributed by atoms with Crippen LogP contribution in [0.2, 0.25) is 0 Å². The van der Waals surface area contributed by atoms with E-state index < -0.39 is 6.03 Å². The number of hydrogen-bond acceptors (Lipinski definition) is 5. The van der Waals surface area contributed by atoms with E-state index in [0.717, 1.165) is 12.2 Å². The topological polar surface area (TPSA) is 151 Å². The molecule has 0 atom stereocenters. The summed E-state index contributed by atoms with van der Waals surface area (Å²) >= 11 is 0. The number of benzene rings is 2. The Bertz CT molecular complexity index is 505. The monoisotopic (exact) mass is 274 g/mol. The Kier molecular flexibility index (Phi) is 13.2. The van der Waals surface area contributed by atoms with Gasteiger partial charge in [0.25, 0.3) is 0 Å². The molecule has 0 aliphatic carbocycles. The summed E-state index contributed by atoms with van der Waals surface area (Å²) in [7, 11) is 0. The molecule has 7 heteroatoms. The normalized spacial score (nSPS) is 7.00. The van der Waals surface area contributed by atoms with Crippen LogP contribution in [0.4, 0.5) is 4.79 Å². The molecular formula is C13H14N4O3. The molecule has 0 aromatic heterocycles. The predicted molar refractivity (Wildman–Crippen MR) is 74.5 cm³/mol. The van der Waals surface area contributed by atoms with E-state index in [9.17, 15) is 0 Å². The largest absolute Gasteiger partial charge is 0.352 e. The van der Waals surface area contributed by atoms with E-state index in [-0.39, 0.29) is 0 Å². The van der Waals surface area contributed by atoms with Crippen molar-refractivity contribution in [2.24, 2.45) is 11.5 Å². The molecule has 0 bridgehead atoms. The number of nitrogens with one attached hydrogen (secondary N) is 2. The van der Waals surface area contributed by atoms with Gasteiger partial charge in [0.05, 0.1) is 0 Å². The molecule has 0 aliphatic heterocycles. The SMILES string of the molecule is N=C=O.N=C=O.NC(N)=O.c1ccc2ccccc2c1. The number of carbonyl (C=O) groups is 1. The highest BCUT2D eigenvalue weighted by Gasteiger charge is 1.85. The van der Waals surface area contributed by atoms with Gasteiger partial charge in [-0.1, -0.05) is 48.5 Å². The average molecular weight is 274 g/mol. The first-order valence-electron chi connectivity index (χ1n) is 5.09. The Labute approximate surface area is 115 Å². The fourth-order valence-corrected chi connectivity index (χ4v) is 1.13. The summed E-state index contributed by atoms with van der Waals surface area (Å²) in [6, 6.07) is 15.9. The average Bonchev–Trinajstić information content (AvgIpc) is 2.40. The summed E-state index contributed by atoms with van der Waals surface area (Å²) in [6.07, 6.45) is 1.50. The molecule has 0 saturated carbocycles. The minimum Gasteiger partial charge on any atom is -0.352 e.